The minimum absolute atomic E-state index is 0.549. The topological polar surface area (TPSA) is 54.0 Å². The number of H-pyrrole nitrogens is 1. The van der Waals surface area contributed by atoms with E-state index in [1.165, 1.54) is 18.4 Å². The highest BCUT2D eigenvalue weighted by Crippen LogP contribution is 2.24. The van der Waals surface area contributed by atoms with Gasteiger partial charge in [0.05, 0.1) is 6.61 Å². The van der Waals surface area contributed by atoms with Gasteiger partial charge in [-0.25, -0.2) is 4.98 Å². The van der Waals surface area contributed by atoms with Crippen LogP contribution in [0.1, 0.15) is 36.6 Å². The zero-order valence-electron chi connectivity index (χ0n) is 12.9. The normalized spacial score (nSPS) is 16.9. The second-order valence-corrected chi connectivity index (χ2v) is 5.88. The third kappa shape index (κ3) is 4.39. The van der Waals surface area contributed by atoms with Crippen molar-refractivity contribution in [3.63, 3.8) is 0 Å². The molecular formula is C17H24N4O. The fourth-order valence-corrected chi connectivity index (χ4v) is 3.00. The van der Waals surface area contributed by atoms with Crippen LogP contribution in [0.3, 0.4) is 0 Å². The minimum atomic E-state index is 0.549. The summed E-state index contributed by atoms with van der Waals surface area (Å²) in [6.45, 7) is 4.96. The summed E-state index contributed by atoms with van der Waals surface area (Å²) in [4.78, 5) is 6.80. The lowest BCUT2D eigenvalue weighted by molar-refractivity contribution is 0.104. The van der Waals surface area contributed by atoms with Crippen LogP contribution in [0.4, 0.5) is 0 Å². The fourth-order valence-electron chi connectivity index (χ4n) is 3.00. The standard InChI is InChI=1S/C17H24N4O/c1-2-5-15(6-3-1)13-22-12-4-9-21-10-7-16(8-11-21)17-18-14-19-20-17/h1-3,5-6,14,16H,4,7-13H2,(H,18,19,20). The molecule has 1 N–H and O–H groups in total. The number of nitrogens with zero attached hydrogens (tertiary/aromatic N) is 3. The van der Waals surface area contributed by atoms with Crippen LogP contribution in [0.25, 0.3) is 0 Å². The molecule has 2 aromatic rings. The lowest BCUT2D eigenvalue weighted by Gasteiger charge is -2.30. The maximum atomic E-state index is 5.74. The molecule has 5 heteroatoms. The van der Waals surface area contributed by atoms with Crippen LogP contribution in [0.5, 0.6) is 0 Å². The number of hydrogen-bond acceptors (Lipinski definition) is 4. The maximum Gasteiger partial charge on any atom is 0.137 e. The van der Waals surface area contributed by atoms with Crippen LogP contribution in [-0.2, 0) is 11.3 Å². The predicted octanol–water partition coefficient (Wildman–Crippen LogP) is 2.59. The van der Waals surface area contributed by atoms with Crippen molar-refractivity contribution in [2.45, 2.75) is 31.8 Å². The molecule has 0 amide bonds. The Morgan fingerprint density at radius 2 is 2.00 bits per heavy atom. The van der Waals surface area contributed by atoms with E-state index in [0.29, 0.717) is 12.5 Å². The SMILES string of the molecule is c1ccc(COCCCN2CCC(c3ncn[nH]3)CC2)cc1. The Bertz CT molecular complexity index is 521. The molecule has 0 spiro atoms. The van der Waals surface area contributed by atoms with E-state index in [9.17, 15) is 0 Å². The number of piperidine rings is 1. The molecule has 2 heterocycles. The molecule has 0 saturated carbocycles. The van der Waals surface area contributed by atoms with Crippen LogP contribution in [-0.4, -0.2) is 46.3 Å². The Kier molecular flexibility index (Phi) is 5.56. The van der Waals surface area contributed by atoms with E-state index in [2.05, 4.69) is 44.3 Å². The second-order valence-electron chi connectivity index (χ2n) is 5.88. The number of benzene rings is 1. The van der Waals surface area contributed by atoms with E-state index in [1.807, 2.05) is 6.07 Å². The zero-order valence-corrected chi connectivity index (χ0v) is 12.9. The highest BCUT2D eigenvalue weighted by Gasteiger charge is 2.21. The van der Waals surface area contributed by atoms with Crippen molar-refractivity contribution in [1.82, 2.24) is 20.1 Å². The average Bonchev–Trinajstić information content (AvgIpc) is 3.11. The Morgan fingerprint density at radius 3 is 2.73 bits per heavy atom. The van der Waals surface area contributed by atoms with Crippen LogP contribution >= 0.6 is 0 Å². The Hall–Kier alpha value is -1.72. The van der Waals surface area contributed by atoms with Crippen LogP contribution in [0, 0.1) is 0 Å². The maximum absolute atomic E-state index is 5.74. The van der Waals surface area contributed by atoms with Gasteiger partial charge in [-0.15, -0.1) is 0 Å². The molecule has 1 aliphatic rings. The summed E-state index contributed by atoms with van der Waals surface area (Å²) in [6, 6.07) is 10.4. The molecule has 1 aliphatic heterocycles. The molecule has 0 bridgehead atoms. The van der Waals surface area contributed by atoms with Gasteiger partial charge < -0.3 is 9.64 Å². The molecule has 5 nitrogen and oxygen atoms in total. The first-order chi connectivity index (χ1) is 10.9. The summed E-state index contributed by atoms with van der Waals surface area (Å²) in [5, 5.41) is 6.94. The van der Waals surface area contributed by atoms with Crippen molar-refractivity contribution >= 4 is 0 Å². The summed E-state index contributed by atoms with van der Waals surface area (Å²) >= 11 is 0. The van der Waals surface area contributed by atoms with Crippen molar-refractivity contribution < 1.29 is 4.74 Å². The van der Waals surface area contributed by atoms with Crippen molar-refractivity contribution in [2.75, 3.05) is 26.2 Å². The molecule has 0 unspecified atom stereocenters. The number of hydrogen-bond donors (Lipinski definition) is 1. The van der Waals surface area contributed by atoms with Gasteiger partial charge in [0.2, 0.25) is 0 Å². The number of aromatic amines is 1. The van der Waals surface area contributed by atoms with E-state index >= 15 is 0 Å². The van der Waals surface area contributed by atoms with Crippen molar-refractivity contribution in [1.29, 1.82) is 0 Å². The highest BCUT2D eigenvalue weighted by atomic mass is 16.5. The lowest BCUT2D eigenvalue weighted by Crippen LogP contribution is -2.34. The van der Waals surface area contributed by atoms with Gasteiger partial charge in [0.15, 0.2) is 0 Å². The summed E-state index contributed by atoms with van der Waals surface area (Å²) in [7, 11) is 0. The molecule has 0 aliphatic carbocycles. The average molecular weight is 300 g/mol. The molecular weight excluding hydrogens is 276 g/mol. The number of nitrogens with one attached hydrogen (secondary N) is 1. The Morgan fingerprint density at radius 1 is 1.18 bits per heavy atom. The van der Waals surface area contributed by atoms with Gasteiger partial charge in [-0.3, -0.25) is 5.10 Å². The van der Waals surface area contributed by atoms with Gasteiger partial charge in [0.1, 0.15) is 12.2 Å². The van der Waals surface area contributed by atoms with Crippen molar-refractivity contribution in [3.05, 3.63) is 48.0 Å². The summed E-state index contributed by atoms with van der Waals surface area (Å²) in [5.74, 6) is 1.60. The van der Waals surface area contributed by atoms with Crippen molar-refractivity contribution in [2.24, 2.45) is 0 Å². The van der Waals surface area contributed by atoms with Crippen molar-refractivity contribution in [3.8, 4) is 0 Å². The molecule has 1 fully saturated rings. The molecule has 1 aromatic carbocycles. The van der Waals surface area contributed by atoms with Gasteiger partial charge in [-0.05, 0) is 37.9 Å². The van der Waals surface area contributed by atoms with E-state index < -0.39 is 0 Å². The second kappa shape index (κ2) is 8.06. The number of likely N-dealkylation sites (tertiary alicyclic amines) is 1. The molecule has 22 heavy (non-hydrogen) atoms. The van der Waals surface area contributed by atoms with E-state index in [4.69, 9.17) is 4.74 Å². The summed E-state index contributed by atoms with van der Waals surface area (Å²) < 4.78 is 5.74. The van der Waals surface area contributed by atoms with Gasteiger partial charge in [0.25, 0.3) is 0 Å². The summed E-state index contributed by atoms with van der Waals surface area (Å²) in [5.41, 5.74) is 1.25. The minimum Gasteiger partial charge on any atom is -0.377 e. The molecule has 118 valence electrons. The molecule has 1 saturated heterocycles. The quantitative estimate of drug-likeness (QED) is 0.799. The largest absolute Gasteiger partial charge is 0.377 e. The van der Waals surface area contributed by atoms with Gasteiger partial charge in [0, 0.05) is 19.1 Å². The smallest absolute Gasteiger partial charge is 0.137 e. The Labute approximate surface area is 131 Å². The molecule has 1 aromatic heterocycles. The highest BCUT2D eigenvalue weighted by molar-refractivity contribution is 5.13. The third-order valence-corrected chi connectivity index (χ3v) is 4.28. The fraction of sp³-hybridized carbons (Fsp3) is 0.529. The number of rotatable bonds is 7. The van der Waals surface area contributed by atoms with Crippen LogP contribution in [0.2, 0.25) is 0 Å². The molecule has 0 radical (unpaired) electrons. The third-order valence-electron chi connectivity index (χ3n) is 4.28. The van der Waals surface area contributed by atoms with E-state index in [1.54, 1.807) is 6.33 Å². The van der Waals surface area contributed by atoms with Crippen LogP contribution in [0.15, 0.2) is 36.7 Å². The first-order valence-corrected chi connectivity index (χ1v) is 8.11. The predicted molar refractivity (Wildman–Crippen MR) is 85.5 cm³/mol. The summed E-state index contributed by atoms with van der Waals surface area (Å²) in [6.07, 6.45) is 5.03. The first kappa shape index (κ1) is 15.2. The Balaban J connectivity index is 1.27. The van der Waals surface area contributed by atoms with Gasteiger partial charge in [-0.1, -0.05) is 30.3 Å². The monoisotopic (exact) mass is 300 g/mol. The van der Waals surface area contributed by atoms with E-state index in [0.717, 1.165) is 38.5 Å². The zero-order chi connectivity index (χ0) is 15.0. The molecule has 0 atom stereocenters. The van der Waals surface area contributed by atoms with Gasteiger partial charge >= 0.3 is 0 Å². The lowest BCUT2D eigenvalue weighted by atomic mass is 9.96. The molecule has 3 rings (SSSR count). The van der Waals surface area contributed by atoms with Gasteiger partial charge in [-0.2, -0.15) is 5.10 Å². The number of ether oxygens (including phenoxy) is 1. The van der Waals surface area contributed by atoms with Crippen LogP contribution < -0.4 is 0 Å². The van der Waals surface area contributed by atoms with E-state index in [-0.39, 0.29) is 0 Å². The first-order valence-electron chi connectivity index (χ1n) is 8.11. The number of aromatic nitrogens is 3.